The minimum atomic E-state index is -1.17. The van der Waals surface area contributed by atoms with E-state index < -0.39 is 17.1 Å². The van der Waals surface area contributed by atoms with Gasteiger partial charge in [0, 0.05) is 16.7 Å². The van der Waals surface area contributed by atoms with E-state index >= 15 is 0 Å². The molecule has 0 spiro atoms. The predicted molar refractivity (Wildman–Crippen MR) is 138 cm³/mol. The van der Waals surface area contributed by atoms with Crippen LogP contribution in [0.5, 0.6) is 0 Å². The van der Waals surface area contributed by atoms with Crippen molar-refractivity contribution in [3.63, 3.8) is 0 Å². The topological polar surface area (TPSA) is 64.6 Å². The third-order valence-corrected chi connectivity index (χ3v) is 5.84. The molecule has 0 radical (unpaired) electrons. The minimum absolute atomic E-state index is 0.0673. The number of ether oxygens (including phenoxy) is 2. The molecular formula is C30H35NO4. The second-order valence-electron chi connectivity index (χ2n) is 9.98. The van der Waals surface area contributed by atoms with E-state index in [1.165, 1.54) is 0 Å². The largest absolute Gasteiger partial charge is 0.463 e. The summed E-state index contributed by atoms with van der Waals surface area (Å²) < 4.78 is 11.6. The highest BCUT2D eigenvalue weighted by molar-refractivity contribution is 5.75. The number of benzene rings is 3. The van der Waals surface area contributed by atoms with Crippen LogP contribution in [0.15, 0.2) is 72.8 Å². The standard InChI is InChI=1S/C30H35NO4/c1-21-7-13-24(14-8-21)30(25-15-9-22(2)10-16-25,26-17-11-23(3)12-18-26)35-28(33)31-19-20-34-27(32)29(4,5)6/h7-18H,19-20H2,1-6H3,(H,31,33). The van der Waals surface area contributed by atoms with Gasteiger partial charge in [0.2, 0.25) is 0 Å². The van der Waals surface area contributed by atoms with E-state index in [0.717, 1.165) is 33.4 Å². The zero-order chi connectivity index (χ0) is 25.6. The predicted octanol–water partition coefficient (Wildman–Crippen LogP) is 6.22. The van der Waals surface area contributed by atoms with Gasteiger partial charge in [-0.05, 0) is 41.5 Å². The first kappa shape index (κ1) is 26.0. The van der Waals surface area contributed by atoms with E-state index in [4.69, 9.17) is 9.47 Å². The first-order chi connectivity index (χ1) is 16.5. The molecule has 0 atom stereocenters. The van der Waals surface area contributed by atoms with E-state index in [-0.39, 0.29) is 19.1 Å². The van der Waals surface area contributed by atoms with Gasteiger partial charge in [0.25, 0.3) is 0 Å². The van der Waals surface area contributed by atoms with Crippen molar-refractivity contribution < 1.29 is 19.1 Å². The third-order valence-electron chi connectivity index (χ3n) is 5.84. The molecule has 0 unspecified atom stereocenters. The van der Waals surface area contributed by atoms with Crippen molar-refractivity contribution in [2.45, 2.75) is 47.1 Å². The van der Waals surface area contributed by atoms with E-state index in [1.807, 2.05) is 93.6 Å². The summed E-state index contributed by atoms with van der Waals surface area (Å²) in [6, 6.07) is 24.0. The van der Waals surface area contributed by atoms with Crippen LogP contribution in [0.4, 0.5) is 4.79 Å². The van der Waals surface area contributed by atoms with Gasteiger partial charge in [-0.2, -0.15) is 0 Å². The zero-order valence-corrected chi connectivity index (χ0v) is 21.5. The summed E-state index contributed by atoms with van der Waals surface area (Å²) in [5.41, 5.74) is 4.08. The van der Waals surface area contributed by atoms with Crippen LogP contribution in [0.1, 0.15) is 54.2 Å². The Hall–Kier alpha value is -3.60. The molecule has 1 amide bonds. The lowest BCUT2D eigenvalue weighted by Crippen LogP contribution is -2.40. The lowest BCUT2D eigenvalue weighted by atomic mass is 9.79. The first-order valence-electron chi connectivity index (χ1n) is 11.9. The van der Waals surface area contributed by atoms with Crippen LogP contribution in [0.2, 0.25) is 0 Å². The van der Waals surface area contributed by atoms with E-state index in [9.17, 15) is 9.59 Å². The normalized spacial score (nSPS) is 11.6. The Balaban J connectivity index is 1.97. The summed E-state index contributed by atoms with van der Waals surface area (Å²) in [6.45, 7) is 11.6. The molecule has 5 heteroatoms. The highest BCUT2D eigenvalue weighted by atomic mass is 16.6. The van der Waals surface area contributed by atoms with Crippen molar-refractivity contribution in [2.75, 3.05) is 13.2 Å². The Bertz CT molecular complexity index is 1030. The van der Waals surface area contributed by atoms with E-state index in [2.05, 4.69) is 5.32 Å². The molecule has 35 heavy (non-hydrogen) atoms. The Morgan fingerprint density at radius 2 is 1.06 bits per heavy atom. The summed E-state index contributed by atoms with van der Waals surface area (Å²) in [6.07, 6.45) is -0.599. The van der Waals surface area contributed by atoms with Crippen molar-refractivity contribution in [1.82, 2.24) is 5.32 Å². The molecule has 0 heterocycles. The number of carbonyl (C=O) groups is 2. The summed E-state index contributed by atoms with van der Waals surface area (Å²) in [5, 5.41) is 2.75. The Labute approximate surface area is 208 Å². The molecule has 0 aliphatic rings. The second kappa shape index (κ2) is 10.8. The van der Waals surface area contributed by atoms with Crippen molar-refractivity contribution in [2.24, 2.45) is 5.41 Å². The van der Waals surface area contributed by atoms with Crippen LogP contribution in [-0.4, -0.2) is 25.2 Å². The smallest absolute Gasteiger partial charge is 0.408 e. The number of amides is 1. The monoisotopic (exact) mass is 473 g/mol. The van der Waals surface area contributed by atoms with Gasteiger partial charge in [0.05, 0.1) is 12.0 Å². The molecule has 0 saturated heterocycles. The summed E-state index contributed by atoms with van der Waals surface area (Å²) in [4.78, 5) is 25.2. The van der Waals surface area contributed by atoms with E-state index in [1.54, 1.807) is 20.8 Å². The zero-order valence-electron chi connectivity index (χ0n) is 21.5. The number of hydrogen-bond donors (Lipinski definition) is 1. The van der Waals surface area contributed by atoms with Crippen LogP contribution in [0.25, 0.3) is 0 Å². The Morgan fingerprint density at radius 1 is 0.686 bits per heavy atom. The third kappa shape index (κ3) is 6.30. The van der Waals surface area contributed by atoms with Gasteiger partial charge in [0.15, 0.2) is 5.60 Å². The quantitative estimate of drug-likeness (QED) is 0.251. The molecular weight excluding hydrogens is 438 g/mol. The summed E-state index contributed by atoms with van der Waals surface area (Å²) >= 11 is 0. The lowest BCUT2D eigenvalue weighted by molar-refractivity contribution is -0.152. The molecule has 3 aromatic rings. The van der Waals surface area contributed by atoms with Crippen molar-refractivity contribution >= 4 is 12.1 Å². The summed E-state index contributed by atoms with van der Waals surface area (Å²) in [7, 11) is 0. The molecule has 0 aliphatic carbocycles. The van der Waals surface area contributed by atoms with Gasteiger partial charge in [-0.1, -0.05) is 89.5 Å². The molecule has 184 valence electrons. The molecule has 0 aliphatic heterocycles. The molecule has 1 N–H and O–H groups in total. The van der Waals surface area contributed by atoms with Gasteiger partial charge in [-0.15, -0.1) is 0 Å². The number of carbonyl (C=O) groups excluding carboxylic acids is 2. The number of esters is 1. The maximum atomic E-state index is 13.1. The molecule has 3 aromatic carbocycles. The minimum Gasteiger partial charge on any atom is -0.463 e. The highest BCUT2D eigenvalue weighted by Crippen LogP contribution is 2.41. The molecule has 0 bridgehead atoms. The van der Waals surface area contributed by atoms with Crippen LogP contribution < -0.4 is 5.32 Å². The molecule has 0 fully saturated rings. The van der Waals surface area contributed by atoms with Crippen molar-refractivity contribution in [3.05, 3.63) is 106 Å². The Kier molecular flexibility index (Phi) is 8.00. The SMILES string of the molecule is Cc1ccc(C(OC(=O)NCCOC(=O)C(C)(C)C)(c2ccc(C)cc2)c2ccc(C)cc2)cc1. The van der Waals surface area contributed by atoms with Crippen LogP contribution in [-0.2, 0) is 19.9 Å². The van der Waals surface area contributed by atoms with Gasteiger partial charge < -0.3 is 14.8 Å². The maximum Gasteiger partial charge on any atom is 0.408 e. The fourth-order valence-electron chi connectivity index (χ4n) is 3.73. The van der Waals surface area contributed by atoms with Gasteiger partial charge in [-0.3, -0.25) is 4.79 Å². The van der Waals surface area contributed by atoms with Crippen LogP contribution in [0, 0.1) is 26.2 Å². The van der Waals surface area contributed by atoms with Crippen LogP contribution in [0.3, 0.4) is 0 Å². The molecule has 0 aromatic heterocycles. The number of nitrogens with one attached hydrogen (secondary N) is 1. The Morgan fingerprint density at radius 3 is 1.40 bits per heavy atom. The van der Waals surface area contributed by atoms with Crippen LogP contribution >= 0.6 is 0 Å². The first-order valence-corrected chi connectivity index (χ1v) is 11.9. The number of hydrogen-bond acceptors (Lipinski definition) is 4. The highest BCUT2D eigenvalue weighted by Gasteiger charge is 2.40. The number of alkyl carbamates (subject to hydrolysis) is 1. The van der Waals surface area contributed by atoms with Crippen molar-refractivity contribution in [3.8, 4) is 0 Å². The maximum absolute atomic E-state index is 13.1. The van der Waals surface area contributed by atoms with E-state index in [0.29, 0.717) is 0 Å². The van der Waals surface area contributed by atoms with Gasteiger partial charge in [-0.25, -0.2) is 4.79 Å². The fraction of sp³-hybridized carbons (Fsp3) is 0.333. The molecule has 5 nitrogen and oxygen atoms in total. The molecule has 3 rings (SSSR count). The fourth-order valence-corrected chi connectivity index (χ4v) is 3.73. The average Bonchev–Trinajstić information content (AvgIpc) is 2.81. The second-order valence-corrected chi connectivity index (χ2v) is 9.98. The average molecular weight is 474 g/mol. The summed E-state index contributed by atoms with van der Waals surface area (Å²) in [5.74, 6) is -0.319. The number of aryl methyl sites for hydroxylation is 3. The molecule has 0 saturated carbocycles. The van der Waals surface area contributed by atoms with Gasteiger partial charge in [0.1, 0.15) is 6.61 Å². The number of rotatable bonds is 7. The lowest BCUT2D eigenvalue weighted by Gasteiger charge is -2.35. The van der Waals surface area contributed by atoms with Crippen molar-refractivity contribution in [1.29, 1.82) is 0 Å². The van der Waals surface area contributed by atoms with Gasteiger partial charge >= 0.3 is 12.1 Å².